The molecule has 0 aromatic heterocycles. The zero-order valence-electron chi connectivity index (χ0n) is 24.2. The average Bonchev–Trinajstić information content (AvgIpc) is 3.11. The summed E-state index contributed by atoms with van der Waals surface area (Å²) in [5, 5.41) is 26.7. The Morgan fingerprint density at radius 3 is 2.71 bits per heavy atom. The number of carbonyl (C=O) groups is 1. The Labute approximate surface area is 247 Å². The lowest BCUT2D eigenvalue weighted by molar-refractivity contribution is -0.186. The molecule has 218 valence electrons. The monoisotopic (exact) mass is 578 g/mol. The van der Waals surface area contributed by atoms with Crippen molar-refractivity contribution in [3.8, 4) is 5.75 Å². The SMILES string of the molecule is COC(=O)C1(C)CN(CC/C=C2\C3=C(COc4ccc(C(C)(C)O)cc42)NCC=C3)CCC1(O)c1ccc(Cl)cc1. The van der Waals surface area contributed by atoms with Gasteiger partial charge in [-0.1, -0.05) is 48.0 Å². The average molecular weight is 579 g/mol. The van der Waals surface area contributed by atoms with E-state index >= 15 is 0 Å². The van der Waals surface area contributed by atoms with Crippen LogP contribution in [-0.4, -0.2) is 61.0 Å². The van der Waals surface area contributed by atoms with Crippen molar-refractivity contribution in [3.05, 3.63) is 93.7 Å². The Kier molecular flexibility index (Phi) is 8.09. The molecule has 5 rings (SSSR count). The molecule has 2 unspecified atom stereocenters. The van der Waals surface area contributed by atoms with E-state index in [2.05, 4.69) is 28.4 Å². The van der Waals surface area contributed by atoms with E-state index < -0.39 is 22.6 Å². The predicted molar refractivity (Wildman–Crippen MR) is 160 cm³/mol. The summed E-state index contributed by atoms with van der Waals surface area (Å²) in [5.74, 6) is 0.332. The first-order valence-corrected chi connectivity index (χ1v) is 14.5. The minimum absolute atomic E-state index is 0.347. The highest BCUT2D eigenvalue weighted by Crippen LogP contribution is 2.47. The molecule has 8 heteroatoms. The first kappa shape index (κ1) is 29.4. The van der Waals surface area contributed by atoms with Crippen LogP contribution >= 0.6 is 11.6 Å². The van der Waals surface area contributed by atoms with Crippen molar-refractivity contribution in [2.24, 2.45) is 5.41 Å². The molecule has 41 heavy (non-hydrogen) atoms. The van der Waals surface area contributed by atoms with Crippen molar-refractivity contribution in [2.75, 3.05) is 39.9 Å². The summed E-state index contributed by atoms with van der Waals surface area (Å²) in [4.78, 5) is 15.4. The molecule has 0 aliphatic carbocycles. The molecule has 0 amide bonds. The molecule has 3 aliphatic heterocycles. The zero-order valence-corrected chi connectivity index (χ0v) is 24.9. The predicted octanol–water partition coefficient (Wildman–Crippen LogP) is 4.92. The number of nitrogens with zero attached hydrogens (tertiary/aromatic N) is 1. The number of fused-ring (bicyclic) bond motifs is 1. The molecule has 1 saturated heterocycles. The minimum Gasteiger partial charge on any atom is -0.487 e. The second kappa shape index (κ2) is 11.3. The van der Waals surface area contributed by atoms with E-state index in [1.807, 2.05) is 18.2 Å². The number of hydrogen-bond acceptors (Lipinski definition) is 7. The number of likely N-dealkylation sites (tertiary alicyclic amines) is 1. The second-order valence-corrected chi connectivity index (χ2v) is 12.3. The van der Waals surface area contributed by atoms with Gasteiger partial charge in [-0.2, -0.15) is 0 Å². The van der Waals surface area contributed by atoms with Gasteiger partial charge in [-0.3, -0.25) is 4.79 Å². The maximum absolute atomic E-state index is 13.2. The summed E-state index contributed by atoms with van der Waals surface area (Å²) in [7, 11) is 1.36. The quantitative estimate of drug-likeness (QED) is 0.419. The third-order valence-electron chi connectivity index (χ3n) is 8.68. The number of halogens is 1. The van der Waals surface area contributed by atoms with Crippen molar-refractivity contribution in [1.82, 2.24) is 10.2 Å². The highest BCUT2D eigenvalue weighted by molar-refractivity contribution is 6.30. The summed E-state index contributed by atoms with van der Waals surface area (Å²) >= 11 is 6.10. The molecule has 1 fully saturated rings. The summed E-state index contributed by atoms with van der Waals surface area (Å²) < 4.78 is 11.4. The van der Waals surface area contributed by atoms with E-state index in [4.69, 9.17) is 21.1 Å². The number of rotatable bonds is 6. The van der Waals surface area contributed by atoms with Crippen LogP contribution in [0.2, 0.25) is 5.02 Å². The highest BCUT2D eigenvalue weighted by atomic mass is 35.5. The molecule has 2 atom stereocenters. The van der Waals surface area contributed by atoms with Crippen molar-refractivity contribution in [3.63, 3.8) is 0 Å². The topological polar surface area (TPSA) is 91.3 Å². The van der Waals surface area contributed by atoms with Crippen LogP contribution in [0.3, 0.4) is 0 Å². The maximum atomic E-state index is 13.2. The molecule has 2 aromatic rings. The third-order valence-corrected chi connectivity index (χ3v) is 8.93. The molecule has 0 bridgehead atoms. The fourth-order valence-corrected chi connectivity index (χ4v) is 6.31. The Morgan fingerprint density at radius 1 is 1.24 bits per heavy atom. The number of nitrogens with one attached hydrogen (secondary N) is 1. The van der Waals surface area contributed by atoms with E-state index in [-0.39, 0.29) is 0 Å². The van der Waals surface area contributed by atoms with Gasteiger partial charge >= 0.3 is 5.97 Å². The van der Waals surface area contributed by atoms with Crippen LogP contribution in [0.4, 0.5) is 0 Å². The van der Waals surface area contributed by atoms with Gasteiger partial charge in [0, 0.05) is 42.3 Å². The summed E-state index contributed by atoms with van der Waals surface area (Å²) in [6.07, 6.45) is 7.53. The van der Waals surface area contributed by atoms with Gasteiger partial charge in [-0.05, 0) is 74.6 Å². The molecule has 0 radical (unpaired) electrons. The zero-order chi connectivity index (χ0) is 29.4. The number of piperidine rings is 1. The Bertz CT molecular complexity index is 1410. The Hall–Kier alpha value is -3.10. The van der Waals surface area contributed by atoms with E-state index in [1.165, 1.54) is 7.11 Å². The first-order valence-electron chi connectivity index (χ1n) is 14.1. The summed E-state index contributed by atoms with van der Waals surface area (Å²) in [6, 6.07) is 12.9. The first-order chi connectivity index (χ1) is 19.5. The standard InChI is InChI=1S/C33H39ClN2O5/c1-31(2,38)23-11-14-29-27(19-23)25(26-7-5-16-35-28(26)20-41-29)8-6-17-36-18-15-33(39,22-9-12-24(34)13-10-22)32(3,21-36)30(37)40-4/h5,7-14,19,35,38-39H,6,15-18,20-21H2,1-4H3/b25-8+. The molecule has 0 saturated carbocycles. The number of hydrogen-bond donors (Lipinski definition) is 3. The lowest BCUT2D eigenvalue weighted by atomic mass is 9.65. The number of aliphatic hydroxyl groups is 2. The molecule has 2 aromatic carbocycles. The number of methoxy groups -OCH3 is 1. The van der Waals surface area contributed by atoms with Crippen molar-refractivity contribution in [2.45, 2.75) is 44.8 Å². The molecular weight excluding hydrogens is 540 g/mol. The van der Waals surface area contributed by atoms with Crippen LogP contribution in [0.15, 0.2) is 72.0 Å². The third kappa shape index (κ3) is 5.56. The molecule has 3 N–H and O–H groups in total. The van der Waals surface area contributed by atoms with Gasteiger partial charge in [0.2, 0.25) is 0 Å². The van der Waals surface area contributed by atoms with Crippen molar-refractivity contribution in [1.29, 1.82) is 0 Å². The Morgan fingerprint density at radius 2 is 2.00 bits per heavy atom. The number of benzene rings is 2. The molecule has 7 nitrogen and oxygen atoms in total. The van der Waals surface area contributed by atoms with Crippen LogP contribution < -0.4 is 10.1 Å². The fourth-order valence-electron chi connectivity index (χ4n) is 6.18. The number of ether oxygens (including phenoxy) is 2. The van der Waals surface area contributed by atoms with E-state index in [0.717, 1.165) is 40.3 Å². The van der Waals surface area contributed by atoms with Crippen LogP contribution in [0.5, 0.6) is 5.75 Å². The second-order valence-electron chi connectivity index (χ2n) is 11.9. The lowest BCUT2D eigenvalue weighted by Gasteiger charge is -2.50. The molecule has 3 aliphatic rings. The maximum Gasteiger partial charge on any atom is 0.316 e. The van der Waals surface area contributed by atoms with Gasteiger partial charge in [0.15, 0.2) is 0 Å². The van der Waals surface area contributed by atoms with Crippen LogP contribution in [-0.2, 0) is 20.7 Å². The summed E-state index contributed by atoms with van der Waals surface area (Å²) in [6.45, 7) is 8.19. The number of allylic oxidation sites excluding steroid dienone is 3. The number of dihydropyridines is 1. The van der Waals surface area contributed by atoms with Crippen molar-refractivity contribution < 1.29 is 24.5 Å². The minimum atomic E-state index is -1.39. The van der Waals surface area contributed by atoms with Crippen LogP contribution in [0, 0.1) is 5.41 Å². The van der Waals surface area contributed by atoms with Crippen LogP contribution in [0.25, 0.3) is 5.57 Å². The number of carbonyl (C=O) groups excluding carboxylic acids is 1. The van der Waals surface area contributed by atoms with Crippen molar-refractivity contribution >= 4 is 23.1 Å². The summed E-state index contributed by atoms with van der Waals surface area (Å²) in [5.41, 5.74) is 2.03. The van der Waals surface area contributed by atoms with Gasteiger partial charge in [-0.25, -0.2) is 0 Å². The normalized spacial score (nSPS) is 25.6. The molecular formula is C33H39ClN2O5. The van der Waals surface area contributed by atoms with Gasteiger partial charge < -0.3 is 29.9 Å². The smallest absolute Gasteiger partial charge is 0.316 e. The largest absolute Gasteiger partial charge is 0.487 e. The lowest BCUT2D eigenvalue weighted by Crippen LogP contribution is -2.60. The van der Waals surface area contributed by atoms with Gasteiger partial charge in [-0.15, -0.1) is 0 Å². The molecule has 3 heterocycles. The highest BCUT2D eigenvalue weighted by Gasteiger charge is 2.57. The Balaban J connectivity index is 1.43. The van der Waals surface area contributed by atoms with Gasteiger partial charge in [0.25, 0.3) is 0 Å². The van der Waals surface area contributed by atoms with E-state index in [0.29, 0.717) is 49.7 Å². The van der Waals surface area contributed by atoms with E-state index in [1.54, 1.807) is 45.0 Å². The van der Waals surface area contributed by atoms with E-state index in [9.17, 15) is 15.0 Å². The van der Waals surface area contributed by atoms with Crippen LogP contribution in [0.1, 0.15) is 50.3 Å². The number of esters is 1. The van der Waals surface area contributed by atoms with Gasteiger partial charge in [0.1, 0.15) is 23.4 Å². The molecule has 0 spiro atoms. The van der Waals surface area contributed by atoms with Gasteiger partial charge in [0.05, 0.1) is 18.4 Å². The fraction of sp³-hybridized carbons (Fsp3) is 0.424.